The molecule has 1 aliphatic rings. The SMILES string of the molecule is CN(CCCC1CC(c2cccc(F)c2)NN1)C(=O)Cn1cncn1. The molecule has 2 atom stereocenters. The third-order valence-electron chi connectivity index (χ3n) is 4.47. The van der Waals surface area contributed by atoms with Crippen molar-refractivity contribution in [3.05, 3.63) is 48.3 Å². The second kappa shape index (κ2) is 8.17. The Bertz CT molecular complexity index is 692. The molecule has 8 heteroatoms. The molecule has 0 radical (unpaired) electrons. The topological polar surface area (TPSA) is 75.1 Å². The molecule has 2 unspecified atom stereocenters. The molecule has 0 spiro atoms. The number of likely N-dealkylation sites (N-methyl/N-ethyl adjacent to an activating group) is 1. The number of aromatic nitrogens is 3. The molecule has 2 heterocycles. The molecule has 1 fully saturated rings. The van der Waals surface area contributed by atoms with Crippen LogP contribution in [0.25, 0.3) is 0 Å². The summed E-state index contributed by atoms with van der Waals surface area (Å²) in [5.74, 6) is -0.198. The van der Waals surface area contributed by atoms with E-state index in [4.69, 9.17) is 0 Å². The maximum Gasteiger partial charge on any atom is 0.244 e. The van der Waals surface area contributed by atoms with Crippen LogP contribution in [0.1, 0.15) is 30.9 Å². The predicted molar refractivity (Wildman–Crippen MR) is 90.7 cm³/mol. The molecule has 1 aromatic carbocycles. The van der Waals surface area contributed by atoms with Crippen LogP contribution < -0.4 is 10.9 Å². The van der Waals surface area contributed by atoms with Crippen molar-refractivity contribution in [3.63, 3.8) is 0 Å². The number of carbonyl (C=O) groups is 1. The summed E-state index contributed by atoms with van der Waals surface area (Å²) in [6.45, 7) is 0.901. The average molecular weight is 346 g/mol. The molecule has 1 aromatic heterocycles. The van der Waals surface area contributed by atoms with E-state index >= 15 is 0 Å². The summed E-state index contributed by atoms with van der Waals surface area (Å²) in [6.07, 6.45) is 5.70. The Morgan fingerprint density at radius 3 is 3.08 bits per heavy atom. The van der Waals surface area contributed by atoms with Gasteiger partial charge in [-0.05, 0) is 37.0 Å². The zero-order valence-corrected chi connectivity index (χ0v) is 14.2. The third-order valence-corrected chi connectivity index (χ3v) is 4.47. The molecule has 2 aromatic rings. The minimum atomic E-state index is -0.213. The first-order valence-corrected chi connectivity index (χ1v) is 8.44. The summed E-state index contributed by atoms with van der Waals surface area (Å²) in [7, 11) is 1.80. The number of benzene rings is 1. The largest absolute Gasteiger partial charge is 0.344 e. The zero-order valence-electron chi connectivity index (χ0n) is 14.2. The van der Waals surface area contributed by atoms with E-state index in [0.717, 1.165) is 24.8 Å². The van der Waals surface area contributed by atoms with Crippen molar-refractivity contribution in [1.82, 2.24) is 30.5 Å². The zero-order chi connectivity index (χ0) is 17.6. The Balaban J connectivity index is 1.38. The van der Waals surface area contributed by atoms with Crippen LogP contribution in [0.4, 0.5) is 4.39 Å². The highest BCUT2D eigenvalue weighted by Gasteiger charge is 2.25. The number of halogens is 1. The molecular weight excluding hydrogens is 323 g/mol. The maximum atomic E-state index is 13.3. The van der Waals surface area contributed by atoms with E-state index in [2.05, 4.69) is 20.9 Å². The lowest BCUT2D eigenvalue weighted by molar-refractivity contribution is -0.130. The standard InChI is InChI=1S/C17H23FN6O/c1-23(17(25)10-24-12-19-11-20-24)7-3-6-15-9-16(22-21-15)13-4-2-5-14(18)8-13/h2,4-5,8,11-12,15-16,21-22H,3,6-7,9-10H2,1H3. The number of nitrogens with zero attached hydrogens (tertiary/aromatic N) is 4. The monoisotopic (exact) mass is 346 g/mol. The van der Waals surface area contributed by atoms with Gasteiger partial charge < -0.3 is 4.90 Å². The molecular formula is C17H23FN6O. The van der Waals surface area contributed by atoms with E-state index in [-0.39, 0.29) is 24.3 Å². The summed E-state index contributed by atoms with van der Waals surface area (Å²) in [4.78, 5) is 17.6. The van der Waals surface area contributed by atoms with Crippen LogP contribution in [-0.4, -0.2) is 45.2 Å². The molecule has 134 valence electrons. The number of rotatable bonds is 7. The molecule has 3 rings (SSSR count). The summed E-state index contributed by atoms with van der Waals surface area (Å²) < 4.78 is 14.8. The fourth-order valence-electron chi connectivity index (χ4n) is 3.03. The van der Waals surface area contributed by atoms with E-state index in [1.165, 1.54) is 23.4 Å². The molecule has 1 amide bonds. The Morgan fingerprint density at radius 1 is 1.44 bits per heavy atom. The fraction of sp³-hybridized carbons (Fsp3) is 0.471. The normalized spacial score (nSPS) is 19.9. The molecule has 1 aliphatic heterocycles. The Hall–Kier alpha value is -2.32. The van der Waals surface area contributed by atoms with Gasteiger partial charge in [-0.2, -0.15) is 5.10 Å². The summed E-state index contributed by atoms with van der Waals surface area (Å²) >= 11 is 0. The first-order valence-electron chi connectivity index (χ1n) is 8.44. The highest BCUT2D eigenvalue weighted by Crippen LogP contribution is 2.24. The van der Waals surface area contributed by atoms with Crippen molar-refractivity contribution >= 4 is 5.91 Å². The third kappa shape index (κ3) is 4.83. The van der Waals surface area contributed by atoms with Crippen LogP contribution in [0, 0.1) is 5.82 Å². The first-order chi connectivity index (χ1) is 12.1. The summed E-state index contributed by atoms with van der Waals surface area (Å²) in [5, 5.41) is 3.94. The molecule has 0 aliphatic carbocycles. The van der Waals surface area contributed by atoms with E-state index in [1.54, 1.807) is 24.1 Å². The van der Waals surface area contributed by atoms with Crippen molar-refractivity contribution in [2.24, 2.45) is 0 Å². The lowest BCUT2D eigenvalue weighted by Crippen LogP contribution is -2.33. The van der Waals surface area contributed by atoms with Gasteiger partial charge in [0.1, 0.15) is 25.0 Å². The lowest BCUT2D eigenvalue weighted by Gasteiger charge is -2.18. The van der Waals surface area contributed by atoms with Crippen LogP contribution in [0.3, 0.4) is 0 Å². The Kier molecular flexibility index (Phi) is 5.72. The average Bonchev–Trinajstić information content (AvgIpc) is 3.26. The Labute approximate surface area is 146 Å². The van der Waals surface area contributed by atoms with Gasteiger partial charge in [0.2, 0.25) is 5.91 Å². The molecule has 0 saturated carbocycles. The van der Waals surface area contributed by atoms with Crippen LogP contribution in [0.5, 0.6) is 0 Å². The molecule has 2 N–H and O–H groups in total. The molecule has 1 saturated heterocycles. The van der Waals surface area contributed by atoms with Crippen molar-refractivity contribution in [2.45, 2.75) is 37.9 Å². The van der Waals surface area contributed by atoms with Crippen molar-refractivity contribution in [3.8, 4) is 0 Å². The fourth-order valence-corrected chi connectivity index (χ4v) is 3.03. The number of hydrogen-bond donors (Lipinski definition) is 2. The predicted octanol–water partition coefficient (Wildman–Crippen LogP) is 1.26. The van der Waals surface area contributed by atoms with Crippen LogP contribution >= 0.6 is 0 Å². The molecule has 25 heavy (non-hydrogen) atoms. The first kappa shape index (κ1) is 17.5. The van der Waals surface area contributed by atoms with Gasteiger partial charge in [-0.15, -0.1) is 0 Å². The summed E-state index contributed by atoms with van der Waals surface area (Å²) in [5.41, 5.74) is 7.44. The van der Waals surface area contributed by atoms with Crippen molar-refractivity contribution in [2.75, 3.05) is 13.6 Å². The number of hydrogen-bond acceptors (Lipinski definition) is 5. The van der Waals surface area contributed by atoms with E-state index in [9.17, 15) is 9.18 Å². The van der Waals surface area contributed by atoms with Gasteiger partial charge in [0.25, 0.3) is 0 Å². The van der Waals surface area contributed by atoms with Gasteiger partial charge in [0.15, 0.2) is 0 Å². The van der Waals surface area contributed by atoms with Crippen LogP contribution in [0.2, 0.25) is 0 Å². The smallest absolute Gasteiger partial charge is 0.244 e. The number of hydrazine groups is 1. The van der Waals surface area contributed by atoms with Gasteiger partial charge >= 0.3 is 0 Å². The quantitative estimate of drug-likeness (QED) is 0.790. The summed E-state index contributed by atoms with van der Waals surface area (Å²) in [6, 6.07) is 7.12. The van der Waals surface area contributed by atoms with Gasteiger partial charge in [0.05, 0.1) is 0 Å². The number of amides is 1. The van der Waals surface area contributed by atoms with Gasteiger partial charge in [-0.25, -0.2) is 14.1 Å². The van der Waals surface area contributed by atoms with E-state index < -0.39 is 0 Å². The number of nitrogens with one attached hydrogen (secondary N) is 2. The van der Waals surface area contributed by atoms with Crippen molar-refractivity contribution in [1.29, 1.82) is 0 Å². The minimum Gasteiger partial charge on any atom is -0.344 e. The van der Waals surface area contributed by atoms with Gasteiger partial charge in [-0.3, -0.25) is 15.6 Å². The van der Waals surface area contributed by atoms with E-state index in [1.807, 2.05) is 6.07 Å². The highest BCUT2D eigenvalue weighted by molar-refractivity contribution is 5.75. The van der Waals surface area contributed by atoms with Crippen molar-refractivity contribution < 1.29 is 9.18 Å². The van der Waals surface area contributed by atoms with Gasteiger partial charge in [0, 0.05) is 25.7 Å². The van der Waals surface area contributed by atoms with E-state index in [0.29, 0.717) is 12.6 Å². The molecule has 0 bridgehead atoms. The second-order valence-electron chi connectivity index (χ2n) is 6.38. The minimum absolute atomic E-state index is 0.0145. The molecule has 7 nitrogen and oxygen atoms in total. The lowest BCUT2D eigenvalue weighted by atomic mass is 9.99. The Morgan fingerprint density at radius 2 is 2.32 bits per heavy atom. The van der Waals surface area contributed by atoms with Gasteiger partial charge in [-0.1, -0.05) is 12.1 Å². The number of carbonyl (C=O) groups excluding carboxylic acids is 1. The second-order valence-corrected chi connectivity index (χ2v) is 6.38. The van der Waals surface area contributed by atoms with Crippen LogP contribution in [0.15, 0.2) is 36.9 Å². The maximum absolute atomic E-state index is 13.3. The highest BCUT2D eigenvalue weighted by atomic mass is 19.1. The van der Waals surface area contributed by atoms with Crippen LogP contribution in [-0.2, 0) is 11.3 Å².